The average molecular weight is 711 g/mol. The van der Waals surface area contributed by atoms with Crippen LogP contribution in [0.25, 0.3) is 110 Å². The molecule has 0 amide bonds. The van der Waals surface area contributed by atoms with E-state index >= 15 is 0 Å². The van der Waals surface area contributed by atoms with E-state index in [1.165, 1.54) is 104 Å². The zero-order chi connectivity index (χ0) is 36.7. The lowest BCUT2D eigenvalue weighted by molar-refractivity contribution is 1.18. The average Bonchev–Trinajstić information content (AvgIpc) is 3.78. The summed E-state index contributed by atoms with van der Waals surface area (Å²) < 4.78 is 4.79. The molecule has 0 aliphatic carbocycles. The summed E-state index contributed by atoms with van der Waals surface area (Å²) in [6.07, 6.45) is 0. The Balaban J connectivity index is 0.982. The van der Waals surface area contributed by atoms with Gasteiger partial charge in [-0.15, -0.1) is 0 Å². The van der Waals surface area contributed by atoms with Crippen LogP contribution in [0.3, 0.4) is 0 Å². The second-order valence-electron chi connectivity index (χ2n) is 14.9. The number of nitrogens with zero attached hydrogens (tertiary/aromatic N) is 2. The van der Waals surface area contributed by atoms with Crippen molar-refractivity contribution < 1.29 is 0 Å². The third kappa shape index (κ3) is 4.57. The Morgan fingerprint density at radius 3 is 1.36 bits per heavy atom. The molecule has 0 fully saturated rings. The van der Waals surface area contributed by atoms with Crippen LogP contribution in [0.1, 0.15) is 0 Å². The predicted octanol–water partition coefficient (Wildman–Crippen LogP) is 14.7. The zero-order valence-electron chi connectivity index (χ0n) is 30.5. The van der Waals surface area contributed by atoms with Gasteiger partial charge in [-0.25, -0.2) is 0 Å². The SMILES string of the molecule is c1ccc(-n2c3ccccc3c3cc(-c4ccc5c(c4)c4ccccc4n5-c4ccc(-c5cc6ccc7ccccc7c6c6ccccc56)cc4)ccc32)cc1. The molecular formula is C54H34N2. The zero-order valence-corrected chi connectivity index (χ0v) is 30.5. The molecule has 0 unspecified atom stereocenters. The Kier molecular flexibility index (Phi) is 6.66. The molecule has 0 saturated heterocycles. The van der Waals surface area contributed by atoms with Gasteiger partial charge in [0.25, 0.3) is 0 Å². The summed E-state index contributed by atoms with van der Waals surface area (Å²) in [5.41, 5.74) is 12.1. The predicted molar refractivity (Wildman–Crippen MR) is 239 cm³/mol. The monoisotopic (exact) mass is 710 g/mol. The van der Waals surface area contributed by atoms with E-state index in [2.05, 4.69) is 215 Å². The molecule has 2 aromatic heterocycles. The van der Waals surface area contributed by atoms with Gasteiger partial charge in [-0.1, -0.05) is 140 Å². The number of hydrogen-bond acceptors (Lipinski definition) is 0. The van der Waals surface area contributed by atoms with Crippen molar-refractivity contribution >= 4 is 75.9 Å². The molecule has 0 atom stereocenters. The summed E-state index contributed by atoms with van der Waals surface area (Å²) >= 11 is 0. The van der Waals surface area contributed by atoms with Crippen molar-refractivity contribution in [2.75, 3.05) is 0 Å². The van der Waals surface area contributed by atoms with Crippen LogP contribution < -0.4 is 0 Å². The second kappa shape index (κ2) is 12.0. The van der Waals surface area contributed by atoms with E-state index in [0.717, 1.165) is 5.69 Å². The van der Waals surface area contributed by atoms with E-state index in [-0.39, 0.29) is 0 Å². The largest absolute Gasteiger partial charge is 0.309 e. The summed E-state index contributed by atoms with van der Waals surface area (Å²) in [5.74, 6) is 0. The second-order valence-corrected chi connectivity index (χ2v) is 14.9. The third-order valence-corrected chi connectivity index (χ3v) is 11.9. The highest BCUT2D eigenvalue weighted by Crippen LogP contribution is 2.41. The van der Waals surface area contributed by atoms with Gasteiger partial charge in [0.1, 0.15) is 0 Å². The fourth-order valence-electron chi connectivity index (χ4n) is 9.35. The van der Waals surface area contributed by atoms with Gasteiger partial charge < -0.3 is 9.13 Å². The molecule has 2 nitrogen and oxygen atoms in total. The van der Waals surface area contributed by atoms with Gasteiger partial charge in [0.2, 0.25) is 0 Å². The Morgan fingerprint density at radius 2 is 0.714 bits per heavy atom. The fraction of sp³-hybridized carbons (Fsp3) is 0. The van der Waals surface area contributed by atoms with E-state index in [1.54, 1.807) is 0 Å². The molecule has 2 heteroatoms. The first-order chi connectivity index (χ1) is 27.8. The summed E-state index contributed by atoms with van der Waals surface area (Å²) in [6, 6.07) is 75.7. The smallest absolute Gasteiger partial charge is 0.0541 e. The summed E-state index contributed by atoms with van der Waals surface area (Å²) in [6.45, 7) is 0. The Morgan fingerprint density at radius 1 is 0.250 bits per heavy atom. The minimum Gasteiger partial charge on any atom is -0.309 e. The number of para-hydroxylation sites is 3. The molecule has 12 aromatic rings. The molecule has 0 saturated carbocycles. The van der Waals surface area contributed by atoms with Crippen LogP contribution in [0, 0.1) is 0 Å². The number of hydrogen-bond donors (Lipinski definition) is 0. The number of rotatable bonds is 4. The topological polar surface area (TPSA) is 9.86 Å². The van der Waals surface area contributed by atoms with Gasteiger partial charge in [-0.2, -0.15) is 0 Å². The Bertz CT molecular complexity index is 3510. The van der Waals surface area contributed by atoms with E-state index in [0.29, 0.717) is 0 Å². The van der Waals surface area contributed by atoms with Crippen LogP contribution in [-0.4, -0.2) is 9.13 Å². The first kappa shape index (κ1) is 31.0. The van der Waals surface area contributed by atoms with Crippen molar-refractivity contribution in [3.05, 3.63) is 206 Å². The van der Waals surface area contributed by atoms with Gasteiger partial charge in [-0.05, 0) is 121 Å². The summed E-state index contributed by atoms with van der Waals surface area (Å²) in [7, 11) is 0. The van der Waals surface area contributed by atoms with E-state index < -0.39 is 0 Å². The molecule has 10 aromatic carbocycles. The highest BCUT2D eigenvalue weighted by atomic mass is 15.0. The maximum atomic E-state index is 2.42. The molecule has 0 aliphatic rings. The first-order valence-corrected chi connectivity index (χ1v) is 19.3. The molecule has 0 radical (unpaired) electrons. The molecular weight excluding hydrogens is 677 g/mol. The van der Waals surface area contributed by atoms with Gasteiger partial charge in [0, 0.05) is 32.9 Å². The van der Waals surface area contributed by atoms with E-state index in [1.807, 2.05) is 0 Å². The van der Waals surface area contributed by atoms with Crippen LogP contribution in [0.2, 0.25) is 0 Å². The number of fused-ring (bicyclic) bond motifs is 11. The standard InChI is InChI=1S/C54H34N2/c1-2-13-40(14-3-1)55-50-20-10-8-17-44(50)48-32-37(26-30-52(48)55)38-27-31-53-49(33-38)45-18-9-11-21-51(45)56(53)41-28-24-36(25-29-41)47-34-39-23-22-35-12-4-5-15-42(35)54(39)46-19-7-6-16-43(46)47/h1-34H. The maximum absolute atomic E-state index is 2.42. The van der Waals surface area contributed by atoms with Gasteiger partial charge in [-0.3, -0.25) is 0 Å². The van der Waals surface area contributed by atoms with Crippen molar-refractivity contribution in [3.63, 3.8) is 0 Å². The normalized spacial score (nSPS) is 11.9. The van der Waals surface area contributed by atoms with Crippen molar-refractivity contribution in [2.24, 2.45) is 0 Å². The van der Waals surface area contributed by atoms with Crippen LogP contribution >= 0.6 is 0 Å². The molecule has 0 aliphatic heterocycles. The van der Waals surface area contributed by atoms with Crippen LogP contribution in [-0.2, 0) is 0 Å². The quantitative estimate of drug-likeness (QED) is 0.161. The lowest BCUT2D eigenvalue weighted by Gasteiger charge is -2.14. The summed E-state index contributed by atoms with van der Waals surface area (Å²) in [5, 5.41) is 12.8. The molecule has 2 heterocycles. The lowest BCUT2D eigenvalue weighted by atomic mass is 9.91. The molecule has 0 N–H and O–H groups in total. The highest BCUT2D eigenvalue weighted by Gasteiger charge is 2.17. The maximum Gasteiger partial charge on any atom is 0.0541 e. The van der Waals surface area contributed by atoms with Crippen LogP contribution in [0.4, 0.5) is 0 Å². The van der Waals surface area contributed by atoms with E-state index in [4.69, 9.17) is 0 Å². The highest BCUT2D eigenvalue weighted by molar-refractivity contribution is 6.23. The van der Waals surface area contributed by atoms with Gasteiger partial charge in [0.05, 0.1) is 22.1 Å². The van der Waals surface area contributed by atoms with Crippen LogP contribution in [0.15, 0.2) is 206 Å². The molecule has 260 valence electrons. The fourth-order valence-corrected chi connectivity index (χ4v) is 9.35. The number of aromatic nitrogens is 2. The van der Waals surface area contributed by atoms with Crippen molar-refractivity contribution in [1.29, 1.82) is 0 Å². The Hall–Kier alpha value is -7.42. The number of benzene rings is 10. The minimum absolute atomic E-state index is 1.15. The van der Waals surface area contributed by atoms with E-state index in [9.17, 15) is 0 Å². The molecule has 0 spiro atoms. The van der Waals surface area contributed by atoms with Gasteiger partial charge in [0.15, 0.2) is 0 Å². The summed E-state index contributed by atoms with van der Waals surface area (Å²) in [4.78, 5) is 0. The van der Waals surface area contributed by atoms with Crippen LogP contribution in [0.5, 0.6) is 0 Å². The van der Waals surface area contributed by atoms with Crippen molar-refractivity contribution in [1.82, 2.24) is 9.13 Å². The van der Waals surface area contributed by atoms with Crippen molar-refractivity contribution in [2.45, 2.75) is 0 Å². The third-order valence-electron chi connectivity index (χ3n) is 11.9. The Labute approximate surface area is 323 Å². The minimum atomic E-state index is 1.15. The van der Waals surface area contributed by atoms with Crippen molar-refractivity contribution in [3.8, 4) is 33.6 Å². The lowest BCUT2D eigenvalue weighted by Crippen LogP contribution is -1.94. The molecule has 12 rings (SSSR count). The first-order valence-electron chi connectivity index (χ1n) is 19.3. The molecule has 0 bridgehead atoms. The molecule has 56 heavy (non-hydrogen) atoms. The van der Waals surface area contributed by atoms with Gasteiger partial charge >= 0.3 is 0 Å².